The molecule has 0 spiro atoms. The summed E-state index contributed by atoms with van der Waals surface area (Å²) >= 11 is 9.25. The highest BCUT2D eigenvalue weighted by atomic mass is 79.9. The van der Waals surface area contributed by atoms with Gasteiger partial charge in [0, 0.05) is 5.56 Å². The van der Waals surface area contributed by atoms with Crippen molar-refractivity contribution in [3.05, 3.63) is 77.0 Å². The van der Waals surface area contributed by atoms with E-state index in [1.54, 1.807) is 36.4 Å². The first kappa shape index (κ1) is 28.4. The van der Waals surface area contributed by atoms with Crippen molar-refractivity contribution in [3.63, 3.8) is 0 Å². The van der Waals surface area contributed by atoms with Crippen molar-refractivity contribution in [1.82, 2.24) is 10.1 Å². The summed E-state index contributed by atoms with van der Waals surface area (Å²) in [6.45, 7) is 5.21. The minimum Gasteiger partial charge on any atom is -0.490 e. The van der Waals surface area contributed by atoms with E-state index < -0.39 is 18.0 Å². The van der Waals surface area contributed by atoms with Gasteiger partial charge >= 0.3 is 6.09 Å². The van der Waals surface area contributed by atoms with Crippen LogP contribution in [-0.4, -0.2) is 51.0 Å². The summed E-state index contributed by atoms with van der Waals surface area (Å²) in [6.07, 6.45) is 0.174. The molecule has 3 rings (SSSR count). The third-order valence-corrected chi connectivity index (χ3v) is 5.89. The number of nitrogens with zero attached hydrogens (tertiary/aromatic N) is 3. The number of amides is 3. The number of aliphatic imine (C=N–C) groups is 1. The first-order valence-corrected chi connectivity index (χ1v) is 12.5. The Morgan fingerprint density at radius 2 is 2.00 bits per heavy atom. The number of ether oxygens (including phenoxy) is 1. The molecule has 2 aromatic carbocycles. The standard InChI is InChI=1S/C25H23BrClN5O6/c1-3-10-37-17-7-5-16(6-8-17)22-21(14(2)38-31-22)23(34)30-24(28)32(25(35)36)13-15-4-9-19(18(27)11-15)29-20(33)12-26/h3-9,11H,1,10,12-13H2,2H3,(H,29,33)(H,35,36)(H2,28,30,34). The number of nitrogens with two attached hydrogens (primary N) is 1. The summed E-state index contributed by atoms with van der Waals surface area (Å²) in [7, 11) is 0. The zero-order valence-corrected chi connectivity index (χ0v) is 22.5. The highest BCUT2D eigenvalue weighted by molar-refractivity contribution is 9.09. The average molecular weight is 605 g/mol. The van der Waals surface area contributed by atoms with E-state index in [9.17, 15) is 19.5 Å². The number of rotatable bonds is 9. The summed E-state index contributed by atoms with van der Waals surface area (Å²) in [5.74, 6) is -0.916. The van der Waals surface area contributed by atoms with Gasteiger partial charge in [0.15, 0.2) is 0 Å². The minimum atomic E-state index is -1.44. The summed E-state index contributed by atoms with van der Waals surface area (Å²) in [6, 6.07) is 11.3. The Morgan fingerprint density at radius 3 is 2.61 bits per heavy atom. The summed E-state index contributed by atoms with van der Waals surface area (Å²) in [5, 5.41) is 16.5. The molecule has 0 aliphatic carbocycles. The van der Waals surface area contributed by atoms with Gasteiger partial charge in [0.25, 0.3) is 5.91 Å². The molecule has 11 nitrogen and oxygen atoms in total. The Morgan fingerprint density at radius 1 is 1.29 bits per heavy atom. The van der Waals surface area contributed by atoms with E-state index in [4.69, 9.17) is 26.6 Å². The number of anilines is 1. The molecule has 0 bridgehead atoms. The van der Waals surface area contributed by atoms with E-state index in [1.165, 1.54) is 19.1 Å². The average Bonchev–Trinajstić information content (AvgIpc) is 3.28. The van der Waals surface area contributed by atoms with Gasteiger partial charge in [-0.1, -0.05) is 51.4 Å². The van der Waals surface area contributed by atoms with E-state index in [0.717, 1.165) is 0 Å². The second-order valence-corrected chi connectivity index (χ2v) is 8.69. The second kappa shape index (κ2) is 12.9. The molecule has 1 aromatic heterocycles. The number of hydrogen-bond donors (Lipinski definition) is 3. The predicted molar refractivity (Wildman–Crippen MR) is 146 cm³/mol. The zero-order chi connectivity index (χ0) is 27.8. The monoisotopic (exact) mass is 603 g/mol. The molecule has 1 heterocycles. The molecule has 0 saturated heterocycles. The van der Waals surface area contributed by atoms with Crippen molar-refractivity contribution >= 4 is 57.1 Å². The molecule has 0 saturated carbocycles. The van der Waals surface area contributed by atoms with E-state index in [0.29, 0.717) is 34.1 Å². The Labute approximate surface area is 231 Å². The van der Waals surface area contributed by atoms with Crippen LogP contribution in [-0.2, 0) is 11.3 Å². The Kier molecular flexibility index (Phi) is 9.63. The molecule has 0 aliphatic rings. The highest BCUT2D eigenvalue weighted by Crippen LogP contribution is 2.28. The fourth-order valence-electron chi connectivity index (χ4n) is 3.28. The van der Waals surface area contributed by atoms with Gasteiger partial charge in [0.1, 0.15) is 29.4 Å². The van der Waals surface area contributed by atoms with E-state index in [2.05, 4.69) is 38.0 Å². The van der Waals surface area contributed by atoms with Crippen LogP contribution in [0.15, 0.2) is 64.6 Å². The number of benzene rings is 2. The molecule has 0 aliphatic heterocycles. The molecule has 4 N–H and O–H groups in total. The normalized spacial score (nSPS) is 11.1. The van der Waals surface area contributed by atoms with Gasteiger partial charge in [0.05, 0.1) is 22.6 Å². The molecule has 38 heavy (non-hydrogen) atoms. The number of alkyl halides is 1. The van der Waals surface area contributed by atoms with Gasteiger partial charge in [0.2, 0.25) is 11.9 Å². The van der Waals surface area contributed by atoms with Crippen LogP contribution < -0.4 is 15.8 Å². The number of nitrogens with one attached hydrogen (secondary N) is 1. The second-order valence-electron chi connectivity index (χ2n) is 7.73. The van der Waals surface area contributed by atoms with Gasteiger partial charge in [-0.15, -0.1) is 0 Å². The largest absolute Gasteiger partial charge is 0.490 e. The number of guanidine groups is 1. The van der Waals surface area contributed by atoms with E-state index >= 15 is 0 Å². The maximum Gasteiger partial charge on any atom is 0.414 e. The molecule has 3 aromatic rings. The minimum absolute atomic E-state index is 0.0352. The Balaban J connectivity index is 1.83. The molecule has 198 valence electrons. The third kappa shape index (κ3) is 6.99. The quantitative estimate of drug-likeness (QED) is 0.135. The molecule has 0 atom stereocenters. The molecule has 13 heteroatoms. The summed E-state index contributed by atoms with van der Waals surface area (Å²) < 4.78 is 10.7. The van der Waals surface area contributed by atoms with E-state index in [-0.39, 0.29) is 39.8 Å². The first-order chi connectivity index (χ1) is 18.1. The van der Waals surface area contributed by atoms with Crippen LogP contribution in [0, 0.1) is 6.92 Å². The number of carboxylic acid groups (broad SMARTS) is 1. The van der Waals surface area contributed by atoms with Crippen molar-refractivity contribution in [3.8, 4) is 17.0 Å². The smallest absolute Gasteiger partial charge is 0.414 e. The van der Waals surface area contributed by atoms with Crippen molar-refractivity contribution in [2.45, 2.75) is 13.5 Å². The lowest BCUT2D eigenvalue weighted by molar-refractivity contribution is -0.113. The molecular weight excluding hydrogens is 582 g/mol. The summed E-state index contributed by atoms with van der Waals surface area (Å²) in [4.78, 5) is 41.1. The maximum atomic E-state index is 13.1. The first-order valence-electron chi connectivity index (χ1n) is 11.0. The van der Waals surface area contributed by atoms with Crippen molar-refractivity contribution in [2.75, 3.05) is 17.3 Å². The fourth-order valence-corrected chi connectivity index (χ4v) is 3.67. The molecule has 0 fully saturated rings. The van der Waals surface area contributed by atoms with Crippen LogP contribution in [0.4, 0.5) is 10.5 Å². The number of carbonyl (C=O) groups is 3. The topological polar surface area (TPSA) is 160 Å². The number of carbonyl (C=O) groups excluding carboxylic acids is 2. The van der Waals surface area contributed by atoms with Gasteiger partial charge in [-0.25, -0.2) is 9.69 Å². The Hall–Kier alpha value is -4.16. The van der Waals surface area contributed by atoms with Crippen LogP contribution in [0.2, 0.25) is 5.02 Å². The number of halogens is 2. The van der Waals surface area contributed by atoms with Crippen molar-refractivity contribution < 1.29 is 28.8 Å². The van der Waals surface area contributed by atoms with Crippen LogP contribution in [0.25, 0.3) is 11.3 Å². The lowest BCUT2D eigenvalue weighted by Crippen LogP contribution is -2.41. The fraction of sp³-hybridized carbons (Fsp3) is 0.160. The molecule has 0 unspecified atom stereocenters. The van der Waals surface area contributed by atoms with E-state index in [1.807, 2.05) is 0 Å². The van der Waals surface area contributed by atoms with Crippen molar-refractivity contribution in [2.24, 2.45) is 10.7 Å². The number of hydrogen-bond acceptors (Lipinski definition) is 6. The van der Waals surface area contributed by atoms with Gasteiger partial charge < -0.3 is 25.4 Å². The highest BCUT2D eigenvalue weighted by Gasteiger charge is 2.24. The lowest BCUT2D eigenvalue weighted by Gasteiger charge is -2.18. The maximum absolute atomic E-state index is 13.1. The van der Waals surface area contributed by atoms with Crippen LogP contribution in [0.5, 0.6) is 5.75 Å². The third-order valence-electron chi connectivity index (χ3n) is 5.07. The number of aromatic nitrogens is 1. The molecule has 3 amide bonds. The zero-order valence-electron chi connectivity index (χ0n) is 20.1. The Bertz CT molecular complexity index is 1390. The lowest BCUT2D eigenvalue weighted by atomic mass is 10.1. The molecular formula is C25H23BrClN5O6. The van der Waals surface area contributed by atoms with Crippen LogP contribution in [0.1, 0.15) is 21.7 Å². The van der Waals surface area contributed by atoms with Gasteiger partial charge in [-0.3, -0.25) is 9.59 Å². The summed E-state index contributed by atoms with van der Waals surface area (Å²) in [5.41, 5.74) is 7.54. The van der Waals surface area contributed by atoms with Gasteiger partial charge in [-0.05, 0) is 48.9 Å². The SMILES string of the molecule is C=CCOc1ccc(-c2noc(C)c2C(=O)N=C(N)N(Cc2ccc(NC(=O)CBr)c(Cl)c2)C(=O)O)cc1. The molecule has 0 radical (unpaired) electrons. The van der Waals surface area contributed by atoms with Gasteiger partial charge in [-0.2, -0.15) is 4.99 Å². The number of aryl methyl sites for hydroxylation is 1. The van der Waals surface area contributed by atoms with Crippen LogP contribution in [0.3, 0.4) is 0 Å². The van der Waals surface area contributed by atoms with Crippen molar-refractivity contribution in [1.29, 1.82) is 0 Å². The predicted octanol–water partition coefficient (Wildman–Crippen LogP) is 4.84. The van der Waals surface area contributed by atoms with Crippen LogP contribution >= 0.6 is 27.5 Å².